The third kappa shape index (κ3) is 4.25. The highest BCUT2D eigenvalue weighted by atomic mass is 16.5. The van der Waals surface area contributed by atoms with Crippen molar-refractivity contribution in [3.8, 4) is 0 Å². The molecule has 7 heteroatoms. The maximum atomic E-state index is 13.0. The Morgan fingerprint density at radius 2 is 1.78 bits per heavy atom. The molecule has 0 aliphatic carbocycles. The summed E-state index contributed by atoms with van der Waals surface area (Å²) in [7, 11) is 0. The summed E-state index contributed by atoms with van der Waals surface area (Å²) < 4.78 is 15.9. The van der Waals surface area contributed by atoms with Crippen LogP contribution < -0.4 is 5.63 Å². The average molecular weight is 371 g/mol. The van der Waals surface area contributed by atoms with E-state index < -0.39 is 17.7 Å². The van der Waals surface area contributed by atoms with E-state index in [1.54, 1.807) is 36.1 Å². The van der Waals surface area contributed by atoms with Gasteiger partial charge < -0.3 is 18.8 Å². The molecular formula is C20H21NO6. The van der Waals surface area contributed by atoms with Gasteiger partial charge in [-0.2, -0.15) is 0 Å². The fourth-order valence-electron chi connectivity index (χ4n) is 3.07. The molecule has 1 atom stereocenters. The number of benzene rings is 1. The molecule has 1 fully saturated rings. The smallest absolute Gasteiger partial charge is 0.342 e. The summed E-state index contributed by atoms with van der Waals surface area (Å²) in [6, 6.07) is 10.1. The molecule has 1 saturated heterocycles. The summed E-state index contributed by atoms with van der Waals surface area (Å²) in [5.41, 5.74) is 0.644. The molecule has 1 aliphatic heterocycles. The van der Waals surface area contributed by atoms with Gasteiger partial charge in [-0.1, -0.05) is 30.3 Å². The van der Waals surface area contributed by atoms with Gasteiger partial charge in [0.05, 0.1) is 13.2 Å². The maximum Gasteiger partial charge on any atom is 0.342 e. The number of hydrogen-bond acceptors (Lipinski definition) is 6. The van der Waals surface area contributed by atoms with Crippen molar-refractivity contribution in [2.24, 2.45) is 0 Å². The number of amides is 1. The zero-order chi connectivity index (χ0) is 19.4. The van der Waals surface area contributed by atoms with Crippen molar-refractivity contribution in [1.82, 2.24) is 4.90 Å². The predicted molar refractivity (Wildman–Crippen MR) is 96.4 cm³/mol. The molecule has 0 saturated carbocycles. The van der Waals surface area contributed by atoms with E-state index in [-0.39, 0.29) is 17.2 Å². The Balaban J connectivity index is 1.91. The summed E-state index contributed by atoms with van der Waals surface area (Å²) in [6.45, 7) is 4.93. The maximum absolute atomic E-state index is 13.0. The van der Waals surface area contributed by atoms with Crippen molar-refractivity contribution >= 4 is 11.9 Å². The minimum Gasteiger partial charge on any atom is -0.444 e. The molecule has 1 amide bonds. The van der Waals surface area contributed by atoms with Crippen molar-refractivity contribution in [2.45, 2.75) is 20.0 Å². The Hall–Kier alpha value is -2.93. The van der Waals surface area contributed by atoms with E-state index >= 15 is 0 Å². The van der Waals surface area contributed by atoms with Crippen LogP contribution in [0.1, 0.15) is 33.3 Å². The quantitative estimate of drug-likeness (QED) is 0.765. The fourth-order valence-corrected chi connectivity index (χ4v) is 3.07. The minimum atomic E-state index is -1.08. The number of hydrogen-bond donors (Lipinski definition) is 0. The number of nitrogens with zero attached hydrogens (tertiary/aromatic N) is 1. The molecule has 27 heavy (non-hydrogen) atoms. The molecule has 0 bridgehead atoms. The van der Waals surface area contributed by atoms with Crippen LogP contribution in [-0.4, -0.2) is 43.1 Å². The number of carbonyl (C=O) groups excluding carboxylic acids is 2. The van der Waals surface area contributed by atoms with Crippen LogP contribution in [0, 0.1) is 13.8 Å². The molecule has 2 aromatic rings. The second kappa shape index (κ2) is 8.18. The van der Waals surface area contributed by atoms with E-state index in [9.17, 15) is 14.4 Å². The first-order valence-electron chi connectivity index (χ1n) is 8.71. The van der Waals surface area contributed by atoms with Crippen LogP contribution in [-0.2, 0) is 14.3 Å². The molecule has 2 heterocycles. The summed E-state index contributed by atoms with van der Waals surface area (Å²) in [6.07, 6.45) is -1.08. The standard InChI is InChI=1S/C20H21NO6/c1-13-12-16(22)26-14(2)17(13)20(24)27-18(15-6-4-3-5-7-15)19(23)21-8-10-25-11-9-21/h3-7,12,18H,8-11H2,1-2H3/t18-/m0/s1. The molecule has 0 N–H and O–H groups in total. The van der Waals surface area contributed by atoms with E-state index in [0.717, 1.165) is 0 Å². The first kappa shape index (κ1) is 18.8. The van der Waals surface area contributed by atoms with Gasteiger partial charge in [0.15, 0.2) is 0 Å². The van der Waals surface area contributed by atoms with Crippen LogP contribution in [0.15, 0.2) is 45.6 Å². The van der Waals surface area contributed by atoms with Gasteiger partial charge in [0.2, 0.25) is 6.10 Å². The number of rotatable bonds is 4. The van der Waals surface area contributed by atoms with Crippen molar-refractivity contribution in [3.05, 3.63) is 69.3 Å². The predicted octanol–water partition coefficient (Wildman–Crippen LogP) is 2.01. The lowest BCUT2D eigenvalue weighted by Gasteiger charge is -2.30. The Morgan fingerprint density at radius 3 is 2.41 bits per heavy atom. The highest BCUT2D eigenvalue weighted by molar-refractivity contribution is 5.94. The van der Waals surface area contributed by atoms with Gasteiger partial charge in [-0.05, 0) is 19.4 Å². The van der Waals surface area contributed by atoms with Crippen molar-refractivity contribution in [1.29, 1.82) is 0 Å². The lowest BCUT2D eigenvalue weighted by atomic mass is 10.1. The lowest BCUT2D eigenvalue weighted by molar-refractivity contribution is -0.145. The molecule has 3 rings (SSSR count). The third-order valence-electron chi connectivity index (χ3n) is 4.41. The normalized spacial score (nSPS) is 15.3. The monoisotopic (exact) mass is 371 g/mol. The van der Waals surface area contributed by atoms with E-state index in [1.807, 2.05) is 6.07 Å². The molecule has 0 radical (unpaired) electrons. The zero-order valence-electron chi connectivity index (χ0n) is 15.3. The Bertz CT molecular complexity index is 857. The molecule has 142 valence electrons. The molecule has 0 unspecified atom stereocenters. The third-order valence-corrected chi connectivity index (χ3v) is 4.41. The zero-order valence-corrected chi connectivity index (χ0v) is 15.3. The topological polar surface area (TPSA) is 86.1 Å². The highest BCUT2D eigenvalue weighted by Gasteiger charge is 2.32. The van der Waals surface area contributed by atoms with Gasteiger partial charge in [-0.15, -0.1) is 0 Å². The van der Waals surface area contributed by atoms with Gasteiger partial charge in [0, 0.05) is 24.7 Å². The van der Waals surface area contributed by atoms with Gasteiger partial charge in [-0.25, -0.2) is 9.59 Å². The fraction of sp³-hybridized carbons (Fsp3) is 0.350. The van der Waals surface area contributed by atoms with Gasteiger partial charge in [0.1, 0.15) is 11.3 Å². The average Bonchev–Trinajstić information content (AvgIpc) is 2.66. The van der Waals surface area contributed by atoms with Crippen LogP contribution >= 0.6 is 0 Å². The van der Waals surface area contributed by atoms with E-state index in [2.05, 4.69) is 0 Å². The Labute approximate surface area is 156 Å². The number of aryl methyl sites for hydroxylation is 2. The largest absolute Gasteiger partial charge is 0.444 e. The SMILES string of the molecule is Cc1cc(=O)oc(C)c1C(=O)O[C@H](C(=O)N1CCOCC1)c1ccccc1. The van der Waals surface area contributed by atoms with Gasteiger partial charge in [-0.3, -0.25) is 4.79 Å². The number of ether oxygens (including phenoxy) is 2. The van der Waals surface area contributed by atoms with Crippen LogP contribution in [0.5, 0.6) is 0 Å². The number of esters is 1. The van der Waals surface area contributed by atoms with Crippen LogP contribution in [0.25, 0.3) is 0 Å². The van der Waals surface area contributed by atoms with Crippen molar-refractivity contribution < 1.29 is 23.5 Å². The molecule has 0 spiro atoms. The van der Waals surface area contributed by atoms with Crippen molar-refractivity contribution in [2.75, 3.05) is 26.3 Å². The summed E-state index contributed by atoms with van der Waals surface area (Å²) in [4.78, 5) is 38.9. The molecule has 1 aromatic carbocycles. The van der Waals surface area contributed by atoms with E-state index in [1.165, 1.54) is 13.0 Å². The number of carbonyl (C=O) groups is 2. The minimum absolute atomic E-state index is 0.158. The second-order valence-electron chi connectivity index (χ2n) is 6.31. The van der Waals surface area contributed by atoms with Gasteiger partial charge >= 0.3 is 11.6 Å². The van der Waals surface area contributed by atoms with E-state index in [0.29, 0.717) is 37.4 Å². The van der Waals surface area contributed by atoms with Crippen LogP contribution in [0.3, 0.4) is 0 Å². The van der Waals surface area contributed by atoms with Crippen LogP contribution in [0.4, 0.5) is 0 Å². The molecular weight excluding hydrogens is 350 g/mol. The van der Waals surface area contributed by atoms with Crippen molar-refractivity contribution in [3.63, 3.8) is 0 Å². The van der Waals surface area contributed by atoms with Gasteiger partial charge in [0.25, 0.3) is 5.91 Å². The summed E-state index contributed by atoms with van der Waals surface area (Å²) in [5.74, 6) is -0.842. The summed E-state index contributed by atoms with van der Waals surface area (Å²) >= 11 is 0. The lowest BCUT2D eigenvalue weighted by Crippen LogP contribution is -2.44. The van der Waals surface area contributed by atoms with E-state index in [4.69, 9.17) is 13.9 Å². The first-order valence-corrected chi connectivity index (χ1v) is 8.71. The first-order chi connectivity index (χ1) is 13.0. The molecule has 7 nitrogen and oxygen atoms in total. The highest BCUT2D eigenvalue weighted by Crippen LogP contribution is 2.24. The Morgan fingerprint density at radius 1 is 1.11 bits per heavy atom. The summed E-state index contributed by atoms with van der Waals surface area (Å²) in [5, 5.41) is 0. The number of morpholine rings is 1. The molecule has 1 aromatic heterocycles. The molecule has 1 aliphatic rings. The Kier molecular flexibility index (Phi) is 5.71. The van der Waals surface area contributed by atoms with Crippen LogP contribution in [0.2, 0.25) is 0 Å². The second-order valence-corrected chi connectivity index (χ2v) is 6.31.